The van der Waals surface area contributed by atoms with Gasteiger partial charge in [-0.15, -0.1) is 0 Å². The Bertz CT molecular complexity index is 499. The quantitative estimate of drug-likeness (QED) is 0.296. The average molecular weight is 514 g/mol. The summed E-state index contributed by atoms with van der Waals surface area (Å²) in [6.07, 6.45) is 9.11. The van der Waals surface area contributed by atoms with Crippen molar-refractivity contribution in [2.45, 2.75) is 154 Å². The summed E-state index contributed by atoms with van der Waals surface area (Å²) in [7, 11) is 2.21. The Hall–Kier alpha value is -0.530. The van der Waals surface area contributed by atoms with Crippen LogP contribution in [0.4, 0.5) is 4.39 Å². The Morgan fingerprint density at radius 2 is 1.44 bits per heavy atom. The first-order chi connectivity index (χ1) is 17.2. The van der Waals surface area contributed by atoms with E-state index in [0.717, 1.165) is 37.1 Å². The van der Waals surface area contributed by atoms with Crippen molar-refractivity contribution in [1.82, 2.24) is 4.90 Å². The molecule has 2 saturated carbocycles. The second kappa shape index (κ2) is 22.5. The molecule has 0 bridgehead atoms. The molecule has 7 unspecified atom stereocenters. The second-order valence-electron chi connectivity index (χ2n) is 10.6. The predicted molar refractivity (Wildman–Crippen MR) is 166 cm³/mol. The number of nitrogens with zero attached hydrogens (tertiary/aromatic N) is 1. The van der Waals surface area contributed by atoms with Crippen molar-refractivity contribution in [3.63, 3.8) is 0 Å². The van der Waals surface area contributed by atoms with Gasteiger partial charge in [-0.2, -0.15) is 0 Å². The first-order valence-electron chi connectivity index (χ1n) is 16.2. The number of hydrogen-bond donors (Lipinski definition) is 0. The third-order valence-electron chi connectivity index (χ3n) is 8.88. The van der Waals surface area contributed by atoms with E-state index in [-0.39, 0.29) is 0 Å². The minimum Gasteiger partial charge on any atom is -0.378 e. The summed E-state index contributed by atoms with van der Waals surface area (Å²) in [5, 5.41) is 0. The summed E-state index contributed by atoms with van der Waals surface area (Å²) >= 11 is 0. The molecule has 1 nitrogen and oxygen atoms in total. The molecule has 0 N–H and O–H groups in total. The van der Waals surface area contributed by atoms with Gasteiger partial charge in [0.15, 0.2) is 0 Å². The fourth-order valence-electron chi connectivity index (χ4n) is 7.11. The molecule has 0 radical (unpaired) electrons. The summed E-state index contributed by atoms with van der Waals surface area (Å²) in [6, 6.07) is 0. The molecule has 2 rings (SSSR count). The molecule has 0 saturated heterocycles. The molecule has 2 fully saturated rings. The van der Waals surface area contributed by atoms with Crippen LogP contribution in [0.2, 0.25) is 0 Å². The van der Waals surface area contributed by atoms with Gasteiger partial charge < -0.3 is 4.90 Å². The minimum absolute atomic E-state index is 0.394. The Morgan fingerprint density at radius 1 is 0.917 bits per heavy atom. The monoisotopic (exact) mass is 514 g/mol. The first kappa shape index (κ1) is 40.0. The van der Waals surface area contributed by atoms with Crippen molar-refractivity contribution in [2.24, 2.45) is 40.9 Å². The standard InChI is InChI=1S/C26H48FN.4C2H6/c1-9-21-23(22(18(3)4)15-14-19(5)27)16-17-26(7)24(12-11-13-25(21)26)20(6)28(8)10-2;4*1-2/h18-19,21-25H,6,9-17H2,1-5,7-8H3;4*1-2H3. The Balaban J connectivity index is -0.00000124. The largest absolute Gasteiger partial charge is 0.378 e. The zero-order chi connectivity index (χ0) is 29.1. The maximum atomic E-state index is 13.6. The maximum absolute atomic E-state index is 13.6. The highest BCUT2D eigenvalue weighted by molar-refractivity contribution is 5.12. The van der Waals surface area contributed by atoms with Crippen LogP contribution < -0.4 is 0 Å². The molecule has 2 aliphatic rings. The molecule has 0 aromatic heterocycles. The number of rotatable bonds is 9. The van der Waals surface area contributed by atoms with E-state index in [9.17, 15) is 4.39 Å². The van der Waals surface area contributed by atoms with E-state index >= 15 is 0 Å². The van der Waals surface area contributed by atoms with Gasteiger partial charge >= 0.3 is 0 Å². The molecule has 2 heteroatoms. The number of halogens is 1. The topological polar surface area (TPSA) is 3.24 Å². The summed E-state index contributed by atoms with van der Waals surface area (Å²) < 4.78 is 13.6. The van der Waals surface area contributed by atoms with Gasteiger partial charge in [0.05, 0.1) is 6.17 Å². The van der Waals surface area contributed by atoms with E-state index in [1.807, 2.05) is 55.4 Å². The van der Waals surface area contributed by atoms with Crippen LogP contribution in [0.15, 0.2) is 12.3 Å². The lowest BCUT2D eigenvalue weighted by atomic mass is 9.47. The van der Waals surface area contributed by atoms with Crippen LogP contribution in [-0.4, -0.2) is 24.7 Å². The molecule has 0 amide bonds. The average Bonchev–Trinajstić information content (AvgIpc) is 2.91. The molecular weight excluding hydrogens is 441 g/mol. The lowest BCUT2D eigenvalue weighted by molar-refractivity contribution is -0.0768. The molecule has 7 atom stereocenters. The van der Waals surface area contributed by atoms with Gasteiger partial charge in [-0.1, -0.05) is 103 Å². The molecule has 0 spiro atoms. The molecular formula is C34H72FN. The Kier molecular flexibility index (Phi) is 24.9. The lowest BCUT2D eigenvalue weighted by Gasteiger charge is -2.58. The fourth-order valence-corrected chi connectivity index (χ4v) is 7.11. The van der Waals surface area contributed by atoms with E-state index < -0.39 is 6.17 Å². The number of fused-ring (bicyclic) bond motifs is 1. The Labute approximate surface area is 230 Å². The van der Waals surface area contributed by atoms with Gasteiger partial charge in [0, 0.05) is 25.2 Å². The van der Waals surface area contributed by atoms with Crippen LogP contribution in [-0.2, 0) is 0 Å². The van der Waals surface area contributed by atoms with E-state index in [2.05, 4.69) is 53.1 Å². The number of alkyl halides is 1. The summed E-state index contributed by atoms with van der Waals surface area (Å²) in [4.78, 5) is 2.38. The van der Waals surface area contributed by atoms with Crippen LogP contribution in [0.3, 0.4) is 0 Å². The van der Waals surface area contributed by atoms with Crippen molar-refractivity contribution in [1.29, 1.82) is 0 Å². The third-order valence-corrected chi connectivity index (χ3v) is 8.88. The maximum Gasteiger partial charge on any atom is 0.0973 e. The third kappa shape index (κ3) is 11.1. The zero-order valence-electron chi connectivity index (χ0n) is 27.9. The highest BCUT2D eigenvalue weighted by atomic mass is 19.1. The van der Waals surface area contributed by atoms with E-state index in [1.54, 1.807) is 6.92 Å². The lowest BCUT2D eigenvalue weighted by Crippen LogP contribution is -2.51. The smallest absolute Gasteiger partial charge is 0.0973 e. The van der Waals surface area contributed by atoms with Crippen LogP contribution in [0, 0.1) is 40.9 Å². The van der Waals surface area contributed by atoms with Gasteiger partial charge in [0.25, 0.3) is 0 Å². The normalized spacial score (nSPS) is 28.1. The summed E-state index contributed by atoms with van der Waals surface area (Å²) in [6.45, 7) is 35.3. The molecule has 220 valence electrons. The van der Waals surface area contributed by atoms with Gasteiger partial charge in [0.2, 0.25) is 0 Å². The molecule has 0 aromatic carbocycles. The van der Waals surface area contributed by atoms with Gasteiger partial charge in [-0.25, -0.2) is 4.39 Å². The fraction of sp³-hybridized carbons (Fsp3) is 0.941. The van der Waals surface area contributed by atoms with E-state index in [0.29, 0.717) is 23.2 Å². The van der Waals surface area contributed by atoms with Crippen LogP contribution in [0.25, 0.3) is 0 Å². The predicted octanol–water partition coefficient (Wildman–Crippen LogP) is 11.8. The molecule has 36 heavy (non-hydrogen) atoms. The van der Waals surface area contributed by atoms with Crippen LogP contribution in [0.1, 0.15) is 148 Å². The van der Waals surface area contributed by atoms with Crippen molar-refractivity contribution >= 4 is 0 Å². The van der Waals surface area contributed by atoms with E-state index in [4.69, 9.17) is 0 Å². The SMILES string of the molecule is C=C(C1CCCC2C(CC)C(C(CCC(C)F)C(C)C)CCC12C)N(C)CC.CC.CC.CC.CC. The summed E-state index contributed by atoms with van der Waals surface area (Å²) in [5.74, 6) is 4.34. The van der Waals surface area contributed by atoms with Gasteiger partial charge in [-0.3, -0.25) is 0 Å². The van der Waals surface area contributed by atoms with Crippen LogP contribution in [0.5, 0.6) is 0 Å². The highest BCUT2D eigenvalue weighted by Crippen LogP contribution is 2.61. The van der Waals surface area contributed by atoms with Gasteiger partial charge in [-0.05, 0) is 87.4 Å². The number of allylic oxidation sites excluding steroid dienone is 1. The Morgan fingerprint density at radius 3 is 1.86 bits per heavy atom. The molecule has 0 heterocycles. The van der Waals surface area contributed by atoms with Crippen molar-refractivity contribution < 1.29 is 4.39 Å². The first-order valence-corrected chi connectivity index (χ1v) is 16.2. The van der Waals surface area contributed by atoms with Crippen molar-refractivity contribution in [3.05, 3.63) is 12.3 Å². The summed E-state index contributed by atoms with van der Waals surface area (Å²) in [5.41, 5.74) is 1.76. The number of hydrogen-bond acceptors (Lipinski definition) is 1. The molecule has 0 aliphatic heterocycles. The molecule has 0 aromatic rings. The second-order valence-corrected chi connectivity index (χ2v) is 10.6. The highest BCUT2D eigenvalue weighted by Gasteiger charge is 2.53. The van der Waals surface area contributed by atoms with E-state index in [1.165, 1.54) is 44.2 Å². The van der Waals surface area contributed by atoms with Crippen LogP contribution >= 0.6 is 0 Å². The minimum atomic E-state index is -0.665. The molecule has 2 aliphatic carbocycles. The van der Waals surface area contributed by atoms with Gasteiger partial charge in [0.1, 0.15) is 0 Å². The van der Waals surface area contributed by atoms with Crippen molar-refractivity contribution in [3.8, 4) is 0 Å². The van der Waals surface area contributed by atoms with Crippen molar-refractivity contribution in [2.75, 3.05) is 13.6 Å². The zero-order valence-corrected chi connectivity index (χ0v) is 27.9.